The average molecular weight is 427 g/mol. The minimum atomic E-state index is 1.21. The Balaban J connectivity index is 1.88. The van der Waals surface area contributed by atoms with Crippen LogP contribution in [0.5, 0.6) is 0 Å². The molecule has 0 saturated heterocycles. The molecule has 34 heavy (non-hydrogen) atoms. The van der Waals surface area contributed by atoms with E-state index in [0.717, 1.165) is 0 Å². The summed E-state index contributed by atoms with van der Waals surface area (Å²) < 4.78 is 2.50. The maximum atomic E-state index is 3.88. The maximum absolute atomic E-state index is 3.88. The van der Waals surface area contributed by atoms with E-state index >= 15 is 0 Å². The highest BCUT2D eigenvalue weighted by Crippen LogP contribution is 2.34. The molecule has 4 aromatic carbocycles. The first kappa shape index (κ1) is 21.5. The number of hydrogen-bond donors (Lipinski definition) is 1. The zero-order chi connectivity index (χ0) is 24.0. The Labute approximate surface area is 207 Å². The first-order chi connectivity index (χ1) is 16.2. The van der Waals surface area contributed by atoms with Crippen molar-refractivity contribution in [1.29, 1.82) is 0 Å². The molecule has 0 aliphatic heterocycles. The van der Waals surface area contributed by atoms with Crippen LogP contribution >= 0.6 is 0 Å². The van der Waals surface area contributed by atoms with Crippen molar-refractivity contribution in [1.82, 2.24) is 9.55 Å². The van der Waals surface area contributed by atoms with Crippen LogP contribution in [0, 0.1) is 0 Å². The van der Waals surface area contributed by atoms with Gasteiger partial charge in [0.05, 0.1) is 16.7 Å². The van der Waals surface area contributed by atoms with E-state index in [0.29, 0.717) is 0 Å². The van der Waals surface area contributed by atoms with Crippen molar-refractivity contribution in [2.75, 3.05) is 0 Å². The molecule has 0 fully saturated rings. The summed E-state index contributed by atoms with van der Waals surface area (Å²) in [7, 11) is 18.1. The van der Waals surface area contributed by atoms with E-state index in [-0.39, 0.29) is 0 Å². The molecule has 0 bridgehead atoms. The van der Waals surface area contributed by atoms with Gasteiger partial charge in [0.1, 0.15) is 62.8 Å². The van der Waals surface area contributed by atoms with Crippen molar-refractivity contribution in [3.63, 3.8) is 0 Å². The Bertz CT molecular complexity index is 1850. The summed E-state index contributed by atoms with van der Waals surface area (Å²) in [5, 5.41) is 5.37. The van der Waals surface area contributed by atoms with Crippen LogP contribution in [-0.4, -0.2) is 72.3 Å². The van der Waals surface area contributed by atoms with Crippen LogP contribution in [0.4, 0.5) is 0 Å². The Morgan fingerprint density at radius 3 is 1.82 bits per heavy atom. The molecule has 0 amide bonds. The summed E-state index contributed by atoms with van der Waals surface area (Å²) in [6.45, 7) is 0. The zero-order valence-electron chi connectivity index (χ0n) is 21.5. The standard InChI is InChI=1S/C24H24B8N2/c25-14-12-9-5-3-7-11(22(9)33-23(12)20(31)18(29)16(14)27)34-10-6-2-1-4-8(10)13-15(26)17(28)19(30)21(32)24(13)34/h1-7,33H,25-32H2. The van der Waals surface area contributed by atoms with Gasteiger partial charge in [0, 0.05) is 27.2 Å². The quantitative estimate of drug-likeness (QED) is 0.252. The SMILES string of the molecule is Bc1c(B)c(B)c2c([nH]c3c(-n4c5ccccc5c5c(B)c(B)c(B)c(B)c54)cccc32)c1B. The maximum Gasteiger partial charge on any atom is 0.141 e. The van der Waals surface area contributed by atoms with E-state index in [1.54, 1.807) is 0 Å². The largest absolute Gasteiger partial charge is 0.353 e. The van der Waals surface area contributed by atoms with Crippen molar-refractivity contribution in [3.8, 4) is 5.69 Å². The number of nitrogens with zero attached hydrogens (tertiary/aromatic N) is 1. The minimum Gasteiger partial charge on any atom is -0.353 e. The second kappa shape index (κ2) is 7.25. The number of aromatic nitrogens is 2. The van der Waals surface area contributed by atoms with Gasteiger partial charge in [0.15, 0.2) is 0 Å². The van der Waals surface area contributed by atoms with Crippen molar-refractivity contribution in [2.24, 2.45) is 0 Å². The van der Waals surface area contributed by atoms with E-state index in [4.69, 9.17) is 0 Å². The third-order valence-corrected chi connectivity index (χ3v) is 8.78. The number of rotatable bonds is 1. The Kier molecular flexibility index (Phi) is 4.59. The molecule has 2 aromatic heterocycles. The Morgan fingerprint density at radius 2 is 1.09 bits per heavy atom. The molecule has 10 heteroatoms. The molecule has 0 aliphatic carbocycles. The fourth-order valence-electron chi connectivity index (χ4n) is 6.15. The number of benzene rings is 4. The third-order valence-electron chi connectivity index (χ3n) is 8.78. The van der Waals surface area contributed by atoms with Crippen LogP contribution in [0.1, 0.15) is 0 Å². The summed E-state index contributed by atoms with van der Waals surface area (Å²) >= 11 is 0. The topological polar surface area (TPSA) is 20.7 Å². The lowest BCUT2D eigenvalue weighted by atomic mass is 9.65. The number of para-hydroxylation sites is 2. The Morgan fingerprint density at radius 1 is 0.500 bits per heavy atom. The predicted molar refractivity (Wildman–Crippen MR) is 176 cm³/mol. The lowest BCUT2D eigenvalue weighted by Gasteiger charge is -2.16. The van der Waals surface area contributed by atoms with E-state index < -0.39 is 0 Å². The molecule has 0 atom stereocenters. The number of H-pyrrole nitrogens is 1. The van der Waals surface area contributed by atoms with Gasteiger partial charge in [0.25, 0.3) is 0 Å². The summed E-state index contributed by atoms with van der Waals surface area (Å²) in [6.07, 6.45) is 0. The van der Waals surface area contributed by atoms with Crippen LogP contribution in [0.3, 0.4) is 0 Å². The summed E-state index contributed by atoms with van der Waals surface area (Å²) in [5.74, 6) is 0. The van der Waals surface area contributed by atoms with Gasteiger partial charge in [-0.15, -0.1) is 10.9 Å². The van der Waals surface area contributed by atoms with Gasteiger partial charge in [0.2, 0.25) is 0 Å². The predicted octanol–water partition coefficient (Wildman–Crippen LogP) is -7.51. The molecular formula is C24H24B8N2. The number of nitrogens with one attached hydrogen (secondary N) is 1. The molecule has 0 aliphatic rings. The number of hydrogen-bond acceptors (Lipinski definition) is 0. The van der Waals surface area contributed by atoms with Crippen LogP contribution in [0.15, 0.2) is 42.5 Å². The van der Waals surface area contributed by atoms with E-state index in [9.17, 15) is 0 Å². The lowest BCUT2D eigenvalue weighted by molar-refractivity contribution is 1.20. The second-order valence-electron chi connectivity index (χ2n) is 10.2. The van der Waals surface area contributed by atoms with Gasteiger partial charge in [-0.05, 0) is 17.5 Å². The highest BCUT2D eigenvalue weighted by molar-refractivity contribution is 6.68. The van der Waals surface area contributed by atoms with Crippen molar-refractivity contribution in [2.45, 2.75) is 0 Å². The average Bonchev–Trinajstić information content (AvgIpc) is 3.40. The molecule has 0 unspecified atom stereocenters. The fraction of sp³-hybridized carbons (Fsp3) is 0. The molecule has 2 heterocycles. The highest BCUT2D eigenvalue weighted by Gasteiger charge is 2.21. The fourth-order valence-corrected chi connectivity index (χ4v) is 6.15. The van der Waals surface area contributed by atoms with Gasteiger partial charge in [-0.25, -0.2) is 0 Å². The molecule has 154 valence electrons. The van der Waals surface area contributed by atoms with Crippen molar-refractivity contribution in [3.05, 3.63) is 42.5 Å². The summed E-state index contributed by atoms with van der Waals surface area (Å²) in [6, 6.07) is 15.6. The zero-order valence-corrected chi connectivity index (χ0v) is 21.5. The van der Waals surface area contributed by atoms with Crippen molar-refractivity contribution >= 4 is 150 Å². The van der Waals surface area contributed by atoms with Gasteiger partial charge in [-0.3, -0.25) is 0 Å². The van der Waals surface area contributed by atoms with E-state index in [1.807, 2.05) is 0 Å². The van der Waals surface area contributed by atoms with Crippen LogP contribution in [-0.2, 0) is 0 Å². The van der Waals surface area contributed by atoms with Crippen LogP contribution in [0.25, 0.3) is 49.3 Å². The molecule has 0 spiro atoms. The van der Waals surface area contributed by atoms with E-state index in [1.165, 1.54) is 93.0 Å². The smallest absolute Gasteiger partial charge is 0.141 e. The van der Waals surface area contributed by atoms with Gasteiger partial charge in [-0.1, -0.05) is 63.1 Å². The first-order valence-corrected chi connectivity index (χ1v) is 12.2. The van der Waals surface area contributed by atoms with Gasteiger partial charge < -0.3 is 9.55 Å². The lowest BCUT2D eigenvalue weighted by Crippen LogP contribution is -2.48. The highest BCUT2D eigenvalue weighted by atomic mass is 15.0. The molecule has 0 radical (unpaired) electrons. The van der Waals surface area contributed by atoms with Crippen LogP contribution < -0.4 is 43.7 Å². The molecule has 6 rings (SSSR count). The number of fused-ring (bicyclic) bond motifs is 6. The first-order valence-electron chi connectivity index (χ1n) is 12.2. The monoisotopic (exact) mass is 428 g/mol. The molecule has 1 N–H and O–H groups in total. The van der Waals surface area contributed by atoms with Gasteiger partial charge in [-0.2, -0.15) is 0 Å². The minimum absolute atomic E-state index is 1.21. The van der Waals surface area contributed by atoms with E-state index in [2.05, 4.69) is 115 Å². The summed E-state index contributed by atoms with van der Waals surface area (Å²) in [5.41, 5.74) is 17.3. The van der Waals surface area contributed by atoms with Crippen LogP contribution in [0.2, 0.25) is 0 Å². The van der Waals surface area contributed by atoms with Gasteiger partial charge >= 0.3 is 0 Å². The Hall–Kier alpha value is -3.00. The second-order valence-corrected chi connectivity index (χ2v) is 10.2. The molecule has 0 saturated carbocycles. The molecule has 2 nitrogen and oxygen atoms in total. The summed E-state index contributed by atoms with van der Waals surface area (Å²) in [4.78, 5) is 3.88. The number of aromatic amines is 1. The third kappa shape index (κ3) is 2.57. The molecule has 6 aromatic rings. The normalized spacial score (nSPS) is 11.9. The van der Waals surface area contributed by atoms with Crippen molar-refractivity contribution < 1.29 is 0 Å². The molecular weight excluding hydrogens is 403 g/mol.